The van der Waals surface area contributed by atoms with E-state index >= 15 is 0 Å². The van der Waals surface area contributed by atoms with Crippen LogP contribution in [0.4, 0.5) is 5.95 Å². The minimum Gasteiger partial charge on any atom is -0.497 e. The van der Waals surface area contributed by atoms with E-state index in [2.05, 4.69) is 60.6 Å². The summed E-state index contributed by atoms with van der Waals surface area (Å²) in [6, 6.07) is 27.7. The Morgan fingerprint density at radius 2 is 1.53 bits per heavy atom. The Balaban J connectivity index is 1.53. The number of H-pyrrole nitrogens is 1. The van der Waals surface area contributed by atoms with Gasteiger partial charge in [-0.05, 0) is 75.1 Å². The average Bonchev–Trinajstić information content (AvgIpc) is 3.89. The van der Waals surface area contributed by atoms with Crippen molar-refractivity contribution in [1.29, 1.82) is 5.26 Å². The maximum absolute atomic E-state index is 13.5. The number of fused-ring (bicyclic) bond motifs is 1. The third-order valence-corrected chi connectivity index (χ3v) is 13.5. The second-order valence-electron chi connectivity index (χ2n) is 16.9. The molecule has 0 spiro atoms. The fraction of sp³-hybridized carbons (Fsp3) is 0.490. The number of methoxy groups -OCH3 is 2. The van der Waals surface area contributed by atoms with Gasteiger partial charge in [0.15, 0.2) is 17.4 Å². The Labute approximate surface area is 388 Å². The molecule has 66 heavy (non-hydrogen) atoms. The van der Waals surface area contributed by atoms with Crippen molar-refractivity contribution in [1.82, 2.24) is 24.2 Å². The molecule has 3 heterocycles. The van der Waals surface area contributed by atoms with Gasteiger partial charge in [-0.3, -0.25) is 24.5 Å². The number of anilines is 1. The van der Waals surface area contributed by atoms with Crippen LogP contribution >= 0.6 is 8.53 Å². The van der Waals surface area contributed by atoms with Gasteiger partial charge >= 0.3 is 0 Å². The van der Waals surface area contributed by atoms with Crippen LogP contribution in [-0.4, -0.2) is 94.5 Å². The molecule has 6 rings (SSSR count). The van der Waals surface area contributed by atoms with Gasteiger partial charge in [-0.25, -0.2) is 9.65 Å². The quantitative estimate of drug-likeness (QED) is 0.0340. The Morgan fingerprint density at radius 3 is 2.09 bits per heavy atom. The van der Waals surface area contributed by atoms with E-state index in [1.54, 1.807) is 32.6 Å². The molecule has 1 fully saturated rings. The summed E-state index contributed by atoms with van der Waals surface area (Å²) in [6.45, 7) is 14.4. The highest BCUT2D eigenvalue weighted by Crippen LogP contribution is 2.51. The molecule has 3 aromatic carbocycles. The lowest BCUT2D eigenvalue weighted by atomic mass is 9.80. The van der Waals surface area contributed by atoms with Gasteiger partial charge < -0.3 is 32.7 Å². The summed E-state index contributed by atoms with van der Waals surface area (Å²) in [4.78, 5) is 38.1. The van der Waals surface area contributed by atoms with Crippen LogP contribution in [0.2, 0.25) is 0 Å². The number of amides is 1. The van der Waals surface area contributed by atoms with Crippen LogP contribution in [0.15, 0.2) is 90.0 Å². The number of aromatic amines is 1. The summed E-state index contributed by atoms with van der Waals surface area (Å²) in [5.74, 6) is 0.665. The summed E-state index contributed by atoms with van der Waals surface area (Å²) in [7, 11) is 1.43. The van der Waals surface area contributed by atoms with E-state index in [0.717, 1.165) is 36.0 Å². The van der Waals surface area contributed by atoms with Crippen molar-refractivity contribution < 1.29 is 37.5 Å². The van der Waals surface area contributed by atoms with Crippen LogP contribution in [0.3, 0.4) is 0 Å². The third-order valence-electron chi connectivity index (χ3n) is 11.3. The van der Waals surface area contributed by atoms with Gasteiger partial charge in [-0.15, -0.1) is 0 Å². The standard InChI is InChI=1S/C49H64N7O9P/c1-10-11-15-28-61-43-42(65-66(63-29-16-27-50)56(33(4)5)34(6)7)40(64-47(43)55-31-51-41-44(55)52-48(54-46(41)58)53-45(57)32(2)3)30-62-49(35-17-13-12-14-18-35,36-19-23-38(59-8)24-20-36)37-21-25-39(60-9)26-22-37/h12-14,17-26,31-34,40,42-43,47H,10-11,15-16,28-30H2,1-9H3,(H2,52,53,54,57,58)/t40-,42-,43-,47-,66?/m1/s1. The molecule has 1 amide bonds. The zero-order chi connectivity index (χ0) is 47.4. The molecule has 0 saturated carbocycles. The average molecular weight is 926 g/mol. The molecule has 16 nitrogen and oxygen atoms in total. The highest BCUT2D eigenvalue weighted by molar-refractivity contribution is 7.44. The Morgan fingerprint density at radius 1 is 0.909 bits per heavy atom. The first-order chi connectivity index (χ1) is 31.9. The van der Waals surface area contributed by atoms with Gasteiger partial charge in [0, 0.05) is 24.6 Å². The minimum atomic E-state index is -1.82. The number of imidazole rings is 1. The van der Waals surface area contributed by atoms with Crippen LogP contribution in [0, 0.1) is 17.2 Å². The first kappa shape index (κ1) is 50.2. The van der Waals surface area contributed by atoms with Crippen LogP contribution in [0.25, 0.3) is 11.2 Å². The normalized spacial score (nSPS) is 18.1. The van der Waals surface area contributed by atoms with Crippen molar-refractivity contribution in [2.45, 2.75) is 116 Å². The largest absolute Gasteiger partial charge is 0.497 e. The van der Waals surface area contributed by atoms with Crippen molar-refractivity contribution in [3.05, 3.63) is 112 Å². The fourth-order valence-electron chi connectivity index (χ4n) is 8.05. The van der Waals surface area contributed by atoms with E-state index < -0.39 is 44.2 Å². The molecule has 0 bridgehead atoms. The Hall–Kier alpha value is -5.24. The van der Waals surface area contributed by atoms with Gasteiger partial charge in [0.05, 0.1) is 46.3 Å². The zero-order valence-electron chi connectivity index (χ0n) is 39.4. The van der Waals surface area contributed by atoms with Gasteiger partial charge in [0.25, 0.3) is 14.1 Å². The third kappa shape index (κ3) is 11.5. The van der Waals surface area contributed by atoms with Crippen molar-refractivity contribution >= 4 is 31.5 Å². The van der Waals surface area contributed by atoms with Crippen molar-refractivity contribution in [3.8, 4) is 17.6 Å². The summed E-state index contributed by atoms with van der Waals surface area (Å²) in [5, 5.41) is 12.3. The number of carbonyl (C=O) groups is 1. The van der Waals surface area contributed by atoms with E-state index in [4.69, 9.17) is 37.7 Å². The molecule has 17 heteroatoms. The minimum absolute atomic E-state index is 0.00111. The molecule has 1 aliphatic rings. The van der Waals surface area contributed by atoms with Gasteiger partial charge in [0.1, 0.15) is 35.4 Å². The fourth-order valence-corrected chi connectivity index (χ4v) is 9.82. The summed E-state index contributed by atoms with van der Waals surface area (Å²) in [5.41, 5.74) is 0.997. The molecule has 0 radical (unpaired) electrons. The molecule has 2 N–H and O–H groups in total. The number of nitrogens with zero attached hydrogens (tertiary/aromatic N) is 5. The van der Waals surface area contributed by atoms with Gasteiger partial charge in [0.2, 0.25) is 11.9 Å². The second-order valence-corrected chi connectivity index (χ2v) is 18.3. The lowest BCUT2D eigenvalue weighted by Gasteiger charge is -2.39. The topological polar surface area (TPSA) is 184 Å². The SMILES string of the molecule is CCCCCO[C@@H]1[C@H](OP(OCCC#N)N(C(C)C)C(C)C)[C@@H](COC(c2ccccc2)(c2ccc(OC)cc2)c2ccc(OC)cc2)O[C@H]1n1cnc2c(=O)[nH]c(NC(=O)C(C)C)nc21. The van der Waals surface area contributed by atoms with E-state index in [1.807, 2.05) is 78.9 Å². The molecular weight excluding hydrogens is 862 g/mol. The van der Waals surface area contributed by atoms with E-state index in [0.29, 0.717) is 18.1 Å². The lowest BCUT2D eigenvalue weighted by Crippen LogP contribution is -2.43. The van der Waals surface area contributed by atoms with Crippen molar-refractivity contribution in [2.75, 3.05) is 39.4 Å². The number of benzene rings is 3. The number of hydrogen-bond acceptors (Lipinski definition) is 13. The number of nitriles is 1. The van der Waals surface area contributed by atoms with Gasteiger partial charge in [-0.1, -0.05) is 88.2 Å². The molecule has 0 aliphatic carbocycles. The monoisotopic (exact) mass is 925 g/mol. The molecular formula is C49H64N7O9P. The van der Waals surface area contributed by atoms with E-state index in [1.165, 1.54) is 6.33 Å². The van der Waals surface area contributed by atoms with E-state index in [9.17, 15) is 14.9 Å². The number of ether oxygens (including phenoxy) is 5. The highest BCUT2D eigenvalue weighted by Gasteiger charge is 2.52. The lowest BCUT2D eigenvalue weighted by molar-refractivity contribution is -0.118. The molecule has 2 aromatic heterocycles. The van der Waals surface area contributed by atoms with Crippen LogP contribution in [0.5, 0.6) is 11.5 Å². The van der Waals surface area contributed by atoms with Crippen LogP contribution in [0.1, 0.15) is 97.1 Å². The smallest absolute Gasteiger partial charge is 0.280 e. The number of nitrogens with one attached hydrogen (secondary N) is 2. The predicted octanol–water partition coefficient (Wildman–Crippen LogP) is 8.87. The maximum atomic E-state index is 13.5. The van der Waals surface area contributed by atoms with Crippen molar-refractivity contribution in [2.24, 2.45) is 5.92 Å². The van der Waals surface area contributed by atoms with E-state index in [-0.39, 0.29) is 60.7 Å². The molecule has 1 unspecified atom stereocenters. The molecule has 1 aliphatic heterocycles. The Kier molecular flexibility index (Phi) is 17.8. The number of aromatic nitrogens is 4. The number of carbonyl (C=O) groups excluding carboxylic acids is 1. The summed E-state index contributed by atoms with van der Waals surface area (Å²) < 4.78 is 50.2. The van der Waals surface area contributed by atoms with Crippen LogP contribution in [-0.2, 0) is 33.7 Å². The summed E-state index contributed by atoms with van der Waals surface area (Å²) in [6.07, 6.45) is 0.892. The number of hydrogen-bond donors (Lipinski definition) is 2. The molecule has 354 valence electrons. The molecule has 5 aromatic rings. The first-order valence-corrected chi connectivity index (χ1v) is 23.8. The molecule has 5 atom stereocenters. The van der Waals surface area contributed by atoms with Crippen LogP contribution < -0.4 is 20.3 Å². The molecule has 1 saturated heterocycles. The summed E-state index contributed by atoms with van der Waals surface area (Å²) >= 11 is 0. The zero-order valence-corrected chi connectivity index (χ0v) is 40.3. The predicted molar refractivity (Wildman–Crippen MR) is 253 cm³/mol. The highest BCUT2D eigenvalue weighted by atomic mass is 31.2. The van der Waals surface area contributed by atoms with Crippen molar-refractivity contribution in [3.63, 3.8) is 0 Å². The number of rotatable bonds is 24. The second kappa shape index (κ2) is 23.5. The maximum Gasteiger partial charge on any atom is 0.280 e. The first-order valence-electron chi connectivity index (χ1n) is 22.6. The number of unbranched alkanes of at least 4 members (excludes halogenated alkanes) is 2. The van der Waals surface area contributed by atoms with Gasteiger partial charge in [-0.2, -0.15) is 10.2 Å². The Bertz CT molecular complexity index is 2350.